The van der Waals surface area contributed by atoms with Gasteiger partial charge in [0.25, 0.3) is 0 Å². The molecule has 90 valence electrons. The number of carbonyl (C=O) groups is 1. The van der Waals surface area contributed by atoms with Gasteiger partial charge in [-0.15, -0.1) is 11.3 Å². The minimum Gasteiger partial charge on any atom is -0.296 e. The Balaban J connectivity index is 2.07. The number of aldehydes is 1. The highest BCUT2D eigenvalue weighted by atomic mass is 79.9. The van der Waals surface area contributed by atoms with E-state index in [-0.39, 0.29) is 0 Å². The maximum atomic E-state index is 11.2. The first-order valence-corrected chi connectivity index (χ1v) is 7.47. The van der Waals surface area contributed by atoms with Crippen LogP contribution in [-0.4, -0.2) is 20.7 Å². The van der Waals surface area contributed by atoms with Crippen LogP contribution in [0.1, 0.15) is 10.5 Å². The second-order valence-corrected chi connectivity index (χ2v) is 6.07. The smallest absolute Gasteiger partial charge is 0.195 e. The number of aromatic nitrogens is 3. The van der Waals surface area contributed by atoms with Gasteiger partial charge in [-0.3, -0.25) is 9.20 Å². The number of imidazole rings is 1. The van der Waals surface area contributed by atoms with E-state index in [9.17, 15) is 4.79 Å². The number of halogens is 1. The standard InChI is InChI=1S/C11H6BrN3OS2/c12-7-2-1-3-13-9(7)18-10-8(6-16)15-4-5-17-11(15)14-10/h1-6H. The van der Waals surface area contributed by atoms with E-state index < -0.39 is 0 Å². The molecule has 0 spiro atoms. The number of nitrogens with zero attached hydrogens (tertiary/aromatic N) is 3. The van der Waals surface area contributed by atoms with Gasteiger partial charge in [0.1, 0.15) is 15.7 Å². The molecule has 0 aliphatic heterocycles. The van der Waals surface area contributed by atoms with Crippen LogP contribution >= 0.6 is 39.0 Å². The summed E-state index contributed by atoms with van der Waals surface area (Å²) in [6.07, 6.45) is 4.38. The third kappa shape index (κ3) is 1.98. The fourth-order valence-corrected chi connectivity index (χ4v) is 3.63. The molecule has 0 amide bonds. The van der Waals surface area contributed by atoms with Crippen LogP contribution in [-0.2, 0) is 0 Å². The Labute approximate surface area is 119 Å². The normalized spacial score (nSPS) is 10.9. The molecule has 3 rings (SSSR count). The lowest BCUT2D eigenvalue weighted by Gasteiger charge is -2.00. The summed E-state index contributed by atoms with van der Waals surface area (Å²) in [5.41, 5.74) is 0.564. The third-order valence-electron chi connectivity index (χ3n) is 2.30. The Bertz CT molecular complexity index is 722. The average molecular weight is 340 g/mol. The largest absolute Gasteiger partial charge is 0.296 e. The molecule has 18 heavy (non-hydrogen) atoms. The van der Waals surface area contributed by atoms with Gasteiger partial charge >= 0.3 is 0 Å². The van der Waals surface area contributed by atoms with E-state index in [4.69, 9.17) is 0 Å². The predicted molar refractivity (Wildman–Crippen MR) is 74.5 cm³/mol. The lowest BCUT2D eigenvalue weighted by Crippen LogP contribution is -1.89. The molecule has 0 aliphatic carbocycles. The molecule has 3 aromatic heterocycles. The van der Waals surface area contributed by atoms with E-state index in [1.165, 1.54) is 23.1 Å². The highest BCUT2D eigenvalue weighted by Crippen LogP contribution is 2.33. The zero-order chi connectivity index (χ0) is 12.5. The first-order chi connectivity index (χ1) is 8.79. The monoisotopic (exact) mass is 339 g/mol. The van der Waals surface area contributed by atoms with E-state index in [0.29, 0.717) is 10.7 Å². The van der Waals surface area contributed by atoms with Gasteiger partial charge in [0, 0.05) is 17.8 Å². The van der Waals surface area contributed by atoms with Crippen molar-refractivity contribution in [2.24, 2.45) is 0 Å². The summed E-state index contributed by atoms with van der Waals surface area (Å²) in [6, 6.07) is 3.76. The summed E-state index contributed by atoms with van der Waals surface area (Å²) < 4.78 is 2.68. The van der Waals surface area contributed by atoms with Crippen molar-refractivity contribution >= 4 is 50.3 Å². The molecule has 3 aromatic rings. The molecule has 0 fully saturated rings. The molecule has 3 heterocycles. The Morgan fingerprint density at radius 1 is 1.44 bits per heavy atom. The molecule has 7 heteroatoms. The SMILES string of the molecule is O=Cc1c(Sc2ncccc2Br)nc2sccn12. The van der Waals surface area contributed by atoms with Gasteiger partial charge in [-0.25, -0.2) is 9.97 Å². The summed E-state index contributed by atoms with van der Waals surface area (Å²) >= 11 is 6.31. The van der Waals surface area contributed by atoms with Crippen LogP contribution in [0.5, 0.6) is 0 Å². The minimum atomic E-state index is 0.564. The molecule has 4 nitrogen and oxygen atoms in total. The summed E-state index contributed by atoms with van der Waals surface area (Å²) in [5.74, 6) is 0. The second kappa shape index (κ2) is 4.83. The summed E-state index contributed by atoms with van der Waals surface area (Å²) in [4.78, 5) is 20.7. The quantitative estimate of drug-likeness (QED) is 0.685. The van der Waals surface area contributed by atoms with Gasteiger partial charge in [-0.2, -0.15) is 0 Å². The van der Waals surface area contributed by atoms with Gasteiger partial charge in [0.05, 0.1) is 4.47 Å². The van der Waals surface area contributed by atoms with Crippen molar-refractivity contribution < 1.29 is 4.79 Å². The number of hydrogen-bond acceptors (Lipinski definition) is 5. The average Bonchev–Trinajstić information content (AvgIpc) is 2.92. The minimum absolute atomic E-state index is 0.564. The number of carbonyl (C=O) groups excluding carboxylic acids is 1. The zero-order valence-electron chi connectivity index (χ0n) is 8.91. The fraction of sp³-hybridized carbons (Fsp3) is 0. The molecular formula is C11H6BrN3OS2. The molecule has 0 aliphatic rings. The van der Waals surface area contributed by atoms with Crippen LogP contribution in [0.15, 0.2) is 44.4 Å². The number of fused-ring (bicyclic) bond motifs is 1. The first-order valence-electron chi connectivity index (χ1n) is 4.98. The van der Waals surface area contributed by atoms with Crippen LogP contribution in [0.3, 0.4) is 0 Å². The maximum absolute atomic E-state index is 11.2. The number of hydrogen-bond donors (Lipinski definition) is 0. The van der Waals surface area contributed by atoms with E-state index in [0.717, 1.165) is 20.7 Å². The van der Waals surface area contributed by atoms with Crippen LogP contribution in [0.2, 0.25) is 0 Å². The van der Waals surface area contributed by atoms with Gasteiger partial charge in [-0.1, -0.05) is 0 Å². The third-order valence-corrected chi connectivity index (χ3v) is 4.97. The van der Waals surface area contributed by atoms with Crippen molar-refractivity contribution in [3.63, 3.8) is 0 Å². The topological polar surface area (TPSA) is 47.3 Å². The van der Waals surface area contributed by atoms with Crippen molar-refractivity contribution in [1.29, 1.82) is 0 Å². The Kier molecular flexibility index (Phi) is 3.19. The molecular weight excluding hydrogens is 334 g/mol. The highest BCUT2D eigenvalue weighted by Gasteiger charge is 2.15. The molecule has 0 unspecified atom stereocenters. The van der Waals surface area contributed by atoms with Crippen molar-refractivity contribution in [3.8, 4) is 0 Å². The Morgan fingerprint density at radius 2 is 2.33 bits per heavy atom. The number of pyridine rings is 1. The van der Waals surface area contributed by atoms with E-state index in [2.05, 4.69) is 25.9 Å². The Hall–Kier alpha value is -1.18. The Morgan fingerprint density at radius 3 is 3.11 bits per heavy atom. The molecule has 0 bridgehead atoms. The lowest BCUT2D eigenvalue weighted by atomic mass is 10.5. The molecule has 0 atom stereocenters. The van der Waals surface area contributed by atoms with Crippen LogP contribution in [0, 0.1) is 0 Å². The maximum Gasteiger partial charge on any atom is 0.195 e. The number of thiazole rings is 1. The molecule has 0 N–H and O–H groups in total. The molecule has 0 saturated carbocycles. The highest BCUT2D eigenvalue weighted by molar-refractivity contribution is 9.10. The van der Waals surface area contributed by atoms with Crippen LogP contribution in [0.25, 0.3) is 4.96 Å². The molecule has 0 aromatic carbocycles. The predicted octanol–water partition coefficient (Wildman–Crippen LogP) is 3.52. The molecule has 0 saturated heterocycles. The van der Waals surface area contributed by atoms with E-state index in [1.807, 2.05) is 23.7 Å². The first kappa shape index (κ1) is 11.9. The van der Waals surface area contributed by atoms with Crippen LogP contribution < -0.4 is 0 Å². The van der Waals surface area contributed by atoms with Crippen molar-refractivity contribution in [2.75, 3.05) is 0 Å². The van der Waals surface area contributed by atoms with Crippen molar-refractivity contribution in [1.82, 2.24) is 14.4 Å². The second-order valence-electron chi connectivity index (χ2n) is 3.37. The van der Waals surface area contributed by atoms with E-state index in [1.54, 1.807) is 10.6 Å². The summed E-state index contributed by atoms with van der Waals surface area (Å²) in [5, 5.41) is 3.38. The van der Waals surface area contributed by atoms with Crippen LogP contribution in [0.4, 0.5) is 0 Å². The van der Waals surface area contributed by atoms with Crippen molar-refractivity contribution in [2.45, 2.75) is 10.1 Å². The fourth-order valence-electron chi connectivity index (χ4n) is 1.50. The van der Waals surface area contributed by atoms with Gasteiger partial charge in [0.2, 0.25) is 0 Å². The van der Waals surface area contributed by atoms with Crippen molar-refractivity contribution in [3.05, 3.63) is 40.1 Å². The molecule has 0 radical (unpaired) electrons. The van der Waals surface area contributed by atoms with E-state index >= 15 is 0 Å². The summed E-state index contributed by atoms with van der Waals surface area (Å²) in [6.45, 7) is 0. The number of rotatable bonds is 3. The zero-order valence-corrected chi connectivity index (χ0v) is 12.1. The summed E-state index contributed by atoms with van der Waals surface area (Å²) in [7, 11) is 0. The lowest BCUT2D eigenvalue weighted by molar-refractivity contribution is 0.111. The van der Waals surface area contributed by atoms with Gasteiger partial charge in [0.15, 0.2) is 11.2 Å². The van der Waals surface area contributed by atoms with Gasteiger partial charge in [-0.05, 0) is 39.8 Å². The van der Waals surface area contributed by atoms with Gasteiger partial charge < -0.3 is 0 Å².